The lowest BCUT2D eigenvalue weighted by Gasteiger charge is -2.51. The number of ether oxygens (including phenoxy) is 2. The smallest absolute Gasteiger partial charge is 0.310 e. The number of likely N-dealkylation sites (tertiary alicyclic amines) is 1. The Hall–Kier alpha value is -0.650. The van der Waals surface area contributed by atoms with Crippen molar-refractivity contribution in [3.05, 3.63) is 0 Å². The lowest BCUT2D eigenvalue weighted by molar-refractivity contribution is -0.147. The Morgan fingerprint density at radius 3 is 2.88 bits per heavy atom. The van der Waals surface area contributed by atoms with E-state index in [1.54, 1.807) is 0 Å². The van der Waals surface area contributed by atoms with E-state index in [1.165, 1.54) is 32.1 Å². The number of epoxide rings is 1. The number of carbonyl (C=O) groups excluding carboxylic acids is 1. The molecule has 3 aliphatic heterocycles. The highest BCUT2D eigenvalue weighted by molar-refractivity contribution is 5.75. The van der Waals surface area contributed by atoms with Gasteiger partial charge in [0.15, 0.2) is 0 Å². The number of hydrogen-bond donors (Lipinski definition) is 1. The highest BCUT2D eigenvalue weighted by atomic mass is 16.6. The second kappa shape index (κ2) is 6.18. The minimum Gasteiger partial charge on any atom is -0.462 e. The third-order valence-corrected chi connectivity index (χ3v) is 8.47. The summed E-state index contributed by atoms with van der Waals surface area (Å²) in [7, 11) is 0. The summed E-state index contributed by atoms with van der Waals surface area (Å²) in [4.78, 5) is 15.1. The van der Waals surface area contributed by atoms with Crippen molar-refractivity contribution in [2.75, 3.05) is 26.3 Å². The fraction of sp³-hybridized carbons (Fsp3) is 0.952. The number of rotatable bonds is 3. The molecule has 3 heterocycles. The van der Waals surface area contributed by atoms with Gasteiger partial charge in [0.2, 0.25) is 0 Å². The molecule has 0 aromatic rings. The Labute approximate surface area is 156 Å². The first kappa shape index (κ1) is 17.4. The molecule has 7 atom stereocenters. The third-order valence-electron chi connectivity index (χ3n) is 8.47. The number of nitrogens with zero attached hydrogens (tertiary/aromatic N) is 1. The molecular formula is C21H33NO4. The fourth-order valence-electron chi connectivity index (χ4n) is 6.93. The van der Waals surface area contributed by atoms with Crippen molar-refractivity contribution in [3.63, 3.8) is 0 Å². The van der Waals surface area contributed by atoms with Gasteiger partial charge in [-0.25, -0.2) is 0 Å². The van der Waals surface area contributed by atoms with Gasteiger partial charge >= 0.3 is 5.97 Å². The Bertz CT molecular complexity index is 576. The maximum Gasteiger partial charge on any atom is 0.310 e. The lowest BCUT2D eigenvalue weighted by Crippen LogP contribution is -2.52. The molecule has 1 N–H and O–H groups in total. The van der Waals surface area contributed by atoms with E-state index in [1.807, 2.05) is 0 Å². The van der Waals surface area contributed by atoms with Crippen LogP contribution in [0.1, 0.15) is 58.3 Å². The van der Waals surface area contributed by atoms with Gasteiger partial charge in [-0.3, -0.25) is 9.69 Å². The van der Waals surface area contributed by atoms with E-state index in [2.05, 4.69) is 11.8 Å². The molecule has 5 nitrogen and oxygen atoms in total. The molecule has 5 heteroatoms. The average Bonchev–Trinajstić information content (AvgIpc) is 3.33. The molecule has 5 rings (SSSR count). The molecule has 1 spiro atoms. The maximum atomic E-state index is 12.8. The number of piperidine rings is 1. The third kappa shape index (κ3) is 2.65. The van der Waals surface area contributed by atoms with Gasteiger partial charge in [-0.1, -0.05) is 13.3 Å². The molecule has 5 aliphatic rings. The van der Waals surface area contributed by atoms with E-state index < -0.39 is 0 Å². The molecule has 5 fully saturated rings. The van der Waals surface area contributed by atoms with Crippen LogP contribution in [0.5, 0.6) is 0 Å². The summed E-state index contributed by atoms with van der Waals surface area (Å²) >= 11 is 0. The second-order valence-corrected chi connectivity index (χ2v) is 9.93. The normalized spacial score (nSPS) is 51.0. The quantitative estimate of drug-likeness (QED) is 0.616. The van der Waals surface area contributed by atoms with Crippen LogP contribution < -0.4 is 0 Å². The first-order valence-electron chi connectivity index (χ1n) is 10.7. The Morgan fingerprint density at radius 2 is 2.12 bits per heavy atom. The number of aliphatic hydroxyl groups is 1. The van der Waals surface area contributed by atoms with Crippen LogP contribution in [-0.2, 0) is 14.3 Å². The molecule has 0 aromatic carbocycles. The van der Waals surface area contributed by atoms with Crippen LogP contribution in [0.15, 0.2) is 0 Å². The van der Waals surface area contributed by atoms with Crippen LogP contribution in [0.2, 0.25) is 0 Å². The van der Waals surface area contributed by atoms with Gasteiger partial charge in [-0.15, -0.1) is 0 Å². The Balaban J connectivity index is 1.35. The summed E-state index contributed by atoms with van der Waals surface area (Å²) in [5.41, 5.74) is 0.386. The topological polar surface area (TPSA) is 62.3 Å². The monoisotopic (exact) mass is 363 g/mol. The van der Waals surface area contributed by atoms with Gasteiger partial charge < -0.3 is 14.6 Å². The second-order valence-electron chi connectivity index (χ2n) is 9.93. The molecule has 0 unspecified atom stereocenters. The van der Waals surface area contributed by atoms with Crippen LogP contribution in [0, 0.1) is 23.2 Å². The lowest BCUT2D eigenvalue weighted by atomic mass is 9.53. The van der Waals surface area contributed by atoms with Crippen molar-refractivity contribution in [3.8, 4) is 0 Å². The van der Waals surface area contributed by atoms with E-state index in [0.29, 0.717) is 11.8 Å². The first-order valence-corrected chi connectivity index (χ1v) is 10.7. The minimum atomic E-state index is -0.0190. The van der Waals surface area contributed by atoms with Crippen LogP contribution in [0.25, 0.3) is 0 Å². The van der Waals surface area contributed by atoms with Gasteiger partial charge in [0.1, 0.15) is 6.10 Å². The maximum absolute atomic E-state index is 12.8. The Morgan fingerprint density at radius 1 is 1.27 bits per heavy atom. The first-order chi connectivity index (χ1) is 12.5. The minimum absolute atomic E-state index is 0.00951. The summed E-state index contributed by atoms with van der Waals surface area (Å²) in [5.74, 6) is 0.905. The zero-order chi connectivity index (χ0) is 17.9. The van der Waals surface area contributed by atoms with E-state index in [-0.39, 0.29) is 41.7 Å². The summed E-state index contributed by atoms with van der Waals surface area (Å²) in [6, 6.07) is 0.220. The molecule has 146 valence electrons. The van der Waals surface area contributed by atoms with Crippen molar-refractivity contribution in [2.24, 2.45) is 23.2 Å². The standard InChI is InChI=1S/C21H33NO4/c1-20-6-4-7-21(13-25-21)18(20)9-15-16(19(24)26-17(15)10-20)11-22-8-3-2-5-14(22)12-23/h14-18,23H,2-13H2,1H3/t14-,15+,16+,17+,18+,20+,21-/m0/s1. The predicted octanol–water partition coefficient (Wildman–Crippen LogP) is 2.36. The van der Waals surface area contributed by atoms with E-state index >= 15 is 0 Å². The number of aliphatic hydroxyl groups excluding tert-OH is 1. The molecule has 0 bridgehead atoms. The van der Waals surface area contributed by atoms with Crippen LogP contribution in [0.3, 0.4) is 0 Å². The van der Waals surface area contributed by atoms with Crippen molar-refractivity contribution >= 4 is 5.97 Å². The highest BCUT2D eigenvalue weighted by Gasteiger charge is 2.65. The zero-order valence-electron chi connectivity index (χ0n) is 16.0. The van der Waals surface area contributed by atoms with Gasteiger partial charge in [0, 0.05) is 18.5 Å². The van der Waals surface area contributed by atoms with Crippen molar-refractivity contribution < 1.29 is 19.4 Å². The van der Waals surface area contributed by atoms with Gasteiger partial charge in [0.25, 0.3) is 0 Å². The summed E-state index contributed by atoms with van der Waals surface area (Å²) < 4.78 is 11.9. The average molecular weight is 363 g/mol. The SMILES string of the molecule is C[C@]12CCC[C@]3(CO3)[C@@H]1C[C@H]1[C@@H](C2)OC(=O)[C@@H]1CN1CCCC[C@H]1CO. The molecule has 2 aliphatic carbocycles. The molecular weight excluding hydrogens is 330 g/mol. The molecule has 2 saturated carbocycles. The molecule has 0 amide bonds. The number of fused-ring (bicyclic) bond motifs is 3. The van der Waals surface area contributed by atoms with Gasteiger partial charge in [-0.05, 0) is 62.8 Å². The van der Waals surface area contributed by atoms with Crippen molar-refractivity contribution in [1.29, 1.82) is 0 Å². The molecule has 0 radical (unpaired) electrons. The molecule has 26 heavy (non-hydrogen) atoms. The summed E-state index contributed by atoms with van der Waals surface area (Å²) in [6.45, 7) is 5.30. The highest BCUT2D eigenvalue weighted by Crippen LogP contribution is 2.62. The Kier molecular flexibility index (Phi) is 4.15. The van der Waals surface area contributed by atoms with Crippen molar-refractivity contribution in [2.45, 2.75) is 76.0 Å². The van der Waals surface area contributed by atoms with Crippen LogP contribution in [0.4, 0.5) is 0 Å². The van der Waals surface area contributed by atoms with Crippen LogP contribution >= 0.6 is 0 Å². The van der Waals surface area contributed by atoms with E-state index in [4.69, 9.17) is 9.47 Å². The largest absolute Gasteiger partial charge is 0.462 e. The zero-order valence-corrected chi connectivity index (χ0v) is 16.0. The number of carbonyl (C=O) groups is 1. The number of esters is 1. The van der Waals surface area contributed by atoms with Crippen molar-refractivity contribution in [1.82, 2.24) is 4.90 Å². The van der Waals surface area contributed by atoms with E-state index in [0.717, 1.165) is 39.0 Å². The van der Waals surface area contributed by atoms with Crippen LogP contribution in [-0.4, -0.2) is 60.0 Å². The molecule has 3 saturated heterocycles. The van der Waals surface area contributed by atoms with Gasteiger partial charge in [0.05, 0.1) is 24.7 Å². The molecule has 0 aromatic heterocycles. The summed E-state index contributed by atoms with van der Waals surface area (Å²) in [6.07, 6.45) is 9.27. The van der Waals surface area contributed by atoms with Gasteiger partial charge in [-0.2, -0.15) is 0 Å². The summed E-state index contributed by atoms with van der Waals surface area (Å²) in [5, 5.41) is 9.72. The van der Waals surface area contributed by atoms with E-state index in [9.17, 15) is 9.90 Å². The predicted molar refractivity (Wildman–Crippen MR) is 96.5 cm³/mol. The fourth-order valence-corrected chi connectivity index (χ4v) is 6.93. The number of hydrogen-bond acceptors (Lipinski definition) is 5.